The van der Waals surface area contributed by atoms with Crippen LogP contribution in [0.4, 0.5) is 0 Å². The SMILES string of the molecule is O=C(NCCS(=O)(=O)NC(=O)c1[nH]c2cc(Cl)ccc2c1CCCOc1cccc2ccccc12)c1ccc2cc[nH]c2c1. The van der Waals surface area contributed by atoms with Gasteiger partial charge in [-0.05, 0) is 65.6 Å². The molecule has 11 heteroatoms. The number of aryl methyl sites for hydroxylation is 1. The number of aromatic nitrogens is 2. The van der Waals surface area contributed by atoms with Gasteiger partial charge in [-0.3, -0.25) is 9.59 Å². The Bertz CT molecular complexity index is 2110. The third kappa shape index (κ3) is 6.41. The standard InChI is InChI=1S/C33H29ClN4O5S/c34-24-12-13-26-27(8-4-17-43-30-9-3-6-21-5-1-2-7-25(21)30)31(37-29(26)20-24)33(40)38-44(41,42)18-16-36-32(39)23-11-10-22-14-15-35-28(22)19-23/h1-3,5-7,9-15,19-20,35,37H,4,8,16-18H2,(H,36,39)(H,38,40). The van der Waals surface area contributed by atoms with E-state index in [1.165, 1.54) is 0 Å². The van der Waals surface area contributed by atoms with Gasteiger partial charge < -0.3 is 20.0 Å². The molecular weight excluding hydrogens is 600 g/mol. The molecule has 0 aliphatic carbocycles. The van der Waals surface area contributed by atoms with E-state index in [-0.39, 0.29) is 12.2 Å². The highest BCUT2D eigenvalue weighted by atomic mass is 35.5. The van der Waals surface area contributed by atoms with E-state index < -0.39 is 27.6 Å². The Morgan fingerprint density at radius 2 is 1.68 bits per heavy atom. The summed E-state index contributed by atoms with van der Waals surface area (Å²) < 4.78 is 33.9. The van der Waals surface area contributed by atoms with Crippen LogP contribution in [0.15, 0.2) is 91.1 Å². The number of nitrogens with one attached hydrogen (secondary N) is 4. The lowest BCUT2D eigenvalue weighted by Crippen LogP contribution is -2.37. The second-order valence-electron chi connectivity index (χ2n) is 10.4. The first-order valence-electron chi connectivity index (χ1n) is 14.1. The van der Waals surface area contributed by atoms with Crippen LogP contribution >= 0.6 is 11.6 Å². The molecule has 2 amide bonds. The number of hydrogen-bond donors (Lipinski definition) is 4. The quantitative estimate of drug-likeness (QED) is 0.132. The summed E-state index contributed by atoms with van der Waals surface area (Å²) in [5.74, 6) is -0.903. The Hall–Kier alpha value is -4.80. The van der Waals surface area contributed by atoms with E-state index >= 15 is 0 Å². The first-order chi connectivity index (χ1) is 21.3. The number of rotatable bonds is 11. The third-order valence-corrected chi connectivity index (χ3v) is 8.87. The summed E-state index contributed by atoms with van der Waals surface area (Å²) in [5, 5.41) is 6.91. The van der Waals surface area contributed by atoms with Crippen LogP contribution in [0.3, 0.4) is 0 Å². The van der Waals surface area contributed by atoms with Gasteiger partial charge >= 0.3 is 0 Å². The smallest absolute Gasteiger partial charge is 0.281 e. The molecule has 0 radical (unpaired) electrons. The number of hydrogen-bond acceptors (Lipinski definition) is 5. The lowest BCUT2D eigenvalue weighted by molar-refractivity contribution is 0.0954. The molecular formula is C33H29ClN4O5S. The monoisotopic (exact) mass is 628 g/mol. The molecule has 0 saturated heterocycles. The number of carbonyl (C=O) groups excluding carboxylic acids is 2. The highest BCUT2D eigenvalue weighted by molar-refractivity contribution is 7.90. The summed E-state index contributed by atoms with van der Waals surface area (Å²) in [5.41, 5.74) is 2.62. The molecule has 0 saturated carbocycles. The first-order valence-corrected chi connectivity index (χ1v) is 16.1. The van der Waals surface area contributed by atoms with E-state index in [9.17, 15) is 18.0 Å². The van der Waals surface area contributed by atoms with Gasteiger partial charge in [-0.1, -0.05) is 60.1 Å². The summed E-state index contributed by atoms with van der Waals surface area (Å²) in [7, 11) is -4.07. The van der Waals surface area contributed by atoms with Gasteiger partial charge in [0.15, 0.2) is 0 Å². The number of carbonyl (C=O) groups is 2. The predicted octanol–water partition coefficient (Wildman–Crippen LogP) is 5.96. The average molecular weight is 629 g/mol. The molecule has 0 aliphatic rings. The molecule has 6 rings (SSSR count). The highest BCUT2D eigenvalue weighted by Crippen LogP contribution is 2.28. The molecule has 0 spiro atoms. The number of ether oxygens (including phenoxy) is 1. The number of H-pyrrole nitrogens is 2. The Labute approximate surface area is 258 Å². The molecule has 2 heterocycles. The molecule has 6 aromatic rings. The van der Waals surface area contributed by atoms with Gasteiger partial charge in [0.05, 0.1) is 12.4 Å². The van der Waals surface area contributed by atoms with Crippen molar-refractivity contribution in [3.8, 4) is 5.75 Å². The zero-order chi connectivity index (χ0) is 30.7. The Balaban J connectivity index is 1.10. The van der Waals surface area contributed by atoms with Gasteiger partial charge in [-0.25, -0.2) is 13.1 Å². The Kier molecular flexibility index (Phi) is 8.28. The van der Waals surface area contributed by atoms with E-state index in [2.05, 4.69) is 20.0 Å². The summed E-state index contributed by atoms with van der Waals surface area (Å²) in [4.78, 5) is 31.9. The molecule has 2 aromatic heterocycles. The van der Waals surface area contributed by atoms with Gasteiger partial charge in [-0.15, -0.1) is 0 Å². The topological polar surface area (TPSA) is 133 Å². The maximum atomic E-state index is 13.3. The average Bonchev–Trinajstić information content (AvgIpc) is 3.63. The van der Waals surface area contributed by atoms with Crippen LogP contribution in [0.2, 0.25) is 5.02 Å². The number of benzene rings is 4. The minimum Gasteiger partial charge on any atom is -0.493 e. The van der Waals surface area contributed by atoms with Crippen molar-refractivity contribution in [2.45, 2.75) is 12.8 Å². The summed E-state index contributed by atoms with van der Waals surface area (Å²) >= 11 is 6.19. The maximum Gasteiger partial charge on any atom is 0.281 e. The van der Waals surface area contributed by atoms with Crippen molar-refractivity contribution < 1.29 is 22.7 Å². The van der Waals surface area contributed by atoms with Crippen LogP contribution in [0, 0.1) is 0 Å². The summed E-state index contributed by atoms with van der Waals surface area (Å²) in [6.45, 7) is 0.217. The van der Waals surface area contributed by atoms with Gasteiger partial charge in [0, 0.05) is 45.1 Å². The van der Waals surface area contributed by atoms with E-state index in [1.54, 1.807) is 42.6 Å². The van der Waals surface area contributed by atoms with Gasteiger partial charge in [-0.2, -0.15) is 0 Å². The minimum atomic E-state index is -4.07. The Morgan fingerprint density at radius 3 is 2.57 bits per heavy atom. The Morgan fingerprint density at radius 1 is 0.841 bits per heavy atom. The van der Waals surface area contributed by atoms with E-state index in [1.807, 2.05) is 48.5 Å². The third-order valence-electron chi connectivity index (χ3n) is 7.40. The summed E-state index contributed by atoms with van der Waals surface area (Å²) in [6.07, 6.45) is 2.80. The van der Waals surface area contributed by atoms with Crippen LogP contribution in [-0.4, -0.2) is 49.1 Å². The van der Waals surface area contributed by atoms with Crippen molar-refractivity contribution in [1.29, 1.82) is 0 Å². The predicted molar refractivity (Wildman–Crippen MR) is 173 cm³/mol. The molecule has 4 N–H and O–H groups in total. The number of aromatic amines is 2. The van der Waals surface area contributed by atoms with Gasteiger partial charge in [0.2, 0.25) is 10.0 Å². The summed E-state index contributed by atoms with van der Waals surface area (Å²) in [6, 6.07) is 26.1. The minimum absolute atomic E-state index is 0.138. The largest absolute Gasteiger partial charge is 0.493 e. The fourth-order valence-electron chi connectivity index (χ4n) is 5.27. The molecule has 0 aliphatic heterocycles. The fourth-order valence-corrected chi connectivity index (χ4v) is 6.30. The van der Waals surface area contributed by atoms with Crippen LogP contribution in [-0.2, 0) is 16.4 Å². The highest BCUT2D eigenvalue weighted by Gasteiger charge is 2.23. The molecule has 44 heavy (non-hydrogen) atoms. The number of halogens is 1. The van der Waals surface area contributed by atoms with Crippen LogP contribution in [0.5, 0.6) is 5.75 Å². The number of fused-ring (bicyclic) bond motifs is 3. The molecule has 9 nitrogen and oxygen atoms in total. The van der Waals surface area contributed by atoms with Crippen LogP contribution < -0.4 is 14.8 Å². The van der Waals surface area contributed by atoms with Crippen LogP contribution in [0.1, 0.15) is 32.8 Å². The number of sulfonamides is 1. The van der Waals surface area contributed by atoms with Gasteiger partial charge in [0.25, 0.3) is 11.8 Å². The van der Waals surface area contributed by atoms with Crippen molar-refractivity contribution in [3.63, 3.8) is 0 Å². The lowest BCUT2D eigenvalue weighted by Gasteiger charge is -2.11. The molecule has 4 aromatic carbocycles. The fraction of sp³-hybridized carbons (Fsp3) is 0.152. The zero-order valence-electron chi connectivity index (χ0n) is 23.5. The van der Waals surface area contributed by atoms with Crippen molar-refractivity contribution in [3.05, 3.63) is 113 Å². The van der Waals surface area contributed by atoms with E-state index in [0.29, 0.717) is 41.1 Å². The molecule has 224 valence electrons. The molecule has 0 atom stereocenters. The second-order valence-corrected chi connectivity index (χ2v) is 12.7. The molecule has 0 fully saturated rings. The van der Waals surface area contributed by atoms with Crippen LogP contribution in [0.25, 0.3) is 32.6 Å². The van der Waals surface area contributed by atoms with Gasteiger partial charge in [0.1, 0.15) is 11.4 Å². The van der Waals surface area contributed by atoms with Crippen molar-refractivity contribution in [2.75, 3.05) is 18.9 Å². The van der Waals surface area contributed by atoms with Crippen molar-refractivity contribution in [1.82, 2.24) is 20.0 Å². The second kappa shape index (κ2) is 12.4. The first kappa shape index (κ1) is 29.3. The van der Waals surface area contributed by atoms with Crippen molar-refractivity contribution in [2.24, 2.45) is 0 Å². The van der Waals surface area contributed by atoms with E-state index in [0.717, 1.165) is 32.8 Å². The van der Waals surface area contributed by atoms with Crippen molar-refractivity contribution >= 4 is 66.0 Å². The van der Waals surface area contributed by atoms with E-state index in [4.69, 9.17) is 16.3 Å². The number of amides is 2. The zero-order valence-corrected chi connectivity index (χ0v) is 25.1. The lowest BCUT2D eigenvalue weighted by atomic mass is 10.1. The molecule has 0 bridgehead atoms. The normalized spacial score (nSPS) is 11.7. The molecule has 0 unspecified atom stereocenters. The maximum absolute atomic E-state index is 13.3.